The summed E-state index contributed by atoms with van der Waals surface area (Å²) in [6.07, 6.45) is -3.05. The van der Waals surface area contributed by atoms with Crippen LogP contribution < -0.4 is 5.32 Å². The van der Waals surface area contributed by atoms with Gasteiger partial charge in [0.15, 0.2) is 15.7 Å². The molecule has 3 atom stereocenters. The molecule has 1 heterocycles. The molecular weight excluding hydrogens is 559 g/mol. The molecule has 3 N–H and O–H groups in total. The molecule has 222 valence electrons. The van der Waals surface area contributed by atoms with Crippen molar-refractivity contribution in [2.75, 3.05) is 18.1 Å². The molecule has 1 aromatic heterocycles. The van der Waals surface area contributed by atoms with Crippen LogP contribution in [-0.2, 0) is 16.0 Å². The van der Waals surface area contributed by atoms with E-state index in [1.54, 1.807) is 18.2 Å². The van der Waals surface area contributed by atoms with Gasteiger partial charge in [0.25, 0.3) is 5.91 Å². The Labute approximate surface area is 237 Å². The number of aromatic nitrogens is 1. The van der Waals surface area contributed by atoms with Crippen molar-refractivity contribution in [3.05, 3.63) is 71.8 Å². The molecule has 41 heavy (non-hydrogen) atoms. The van der Waals surface area contributed by atoms with Gasteiger partial charge in [-0.15, -0.1) is 0 Å². The highest BCUT2D eigenvalue weighted by Gasteiger charge is 2.39. The Bertz CT molecular complexity index is 1490. The SMILES string of the molecule is CC(C)N(C)C1CCC(n2c(O)cc(NC(=O)c3cccc(C(F)(F)F)c3)c2O)C(CS(=O)(=O)c2ccccc2)C1. The molecule has 8 nitrogen and oxygen atoms in total. The zero-order valence-electron chi connectivity index (χ0n) is 23.0. The van der Waals surface area contributed by atoms with Crippen molar-refractivity contribution in [2.24, 2.45) is 5.92 Å². The molecular formula is C29H34F3N3O5S. The van der Waals surface area contributed by atoms with Crippen molar-refractivity contribution in [3.63, 3.8) is 0 Å². The van der Waals surface area contributed by atoms with Crippen molar-refractivity contribution in [1.29, 1.82) is 0 Å². The minimum Gasteiger partial charge on any atom is -0.494 e. The fraction of sp³-hybridized carbons (Fsp3) is 0.414. The van der Waals surface area contributed by atoms with Gasteiger partial charge >= 0.3 is 6.18 Å². The third kappa shape index (κ3) is 6.70. The number of nitrogens with zero attached hydrogens (tertiary/aromatic N) is 2. The molecule has 1 fully saturated rings. The van der Waals surface area contributed by atoms with Crippen LogP contribution in [0.1, 0.15) is 55.1 Å². The van der Waals surface area contributed by atoms with Crippen LogP contribution in [0.2, 0.25) is 0 Å². The maximum Gasteiger partial charge on any atom is 0.416 e. The van der Waals surface area contributed by atoms with Crippen molar-refractivity contribution in [2.45, 2.75) is 62.3 Å². The monoisotopic (exact) mass is 593 g/mol. The molecule has 12 heteroatoms. The van der Waals surface area contributed by atoms with Crippen LogP contribution in [0.15, 0.2) is 65.6 Å². The summed E-state index contributed by atoms with van der Waals surface area (Å²) in [4.78, 5) is 15.1. The summed E-state index contributed by atoms with van der Waals surface area (Å²) in [7, 11) is -1.74. The fourth-order valence-corrected chi connectivity index (χ4v) is 7.18. The molecule has 3 aromatic rings. The first-order chi connectivity index (χ1) is 19.2. The first-order valence-corrected chi connectivity index (χ1v) is 15.0. The number of sulfone groups is 1. The molecule has 3 unspecified atom stereocenters. The number of hydrogen-bond donors (Lipinski definition) is 3. The zero-order valence-corrected chi connectivity index (χ0v) is 23.8. The van der Waals surface area contributed by atoms with Gasteiger partial charge in [0.1, 0.15) is 5.69 Å². The topological polar surface area (TPSA) is 112 Å². The normalized spacial score (nSPS) is 20.0. The minimum absolute atomic E-state index is 0.0714. The molecule has 2 aromatic carbocycles. The first kappa shape index (κ1) is 30.4. The molecule has 0 radical (unpaired) electrons. The van der Waals surface area contributed by atoms with Gasteiger partial charge in [-0.2, -0.15) is 13.2 Å². The Balaban J connectivity index is 1.64. The van der Waals surface area contributed by atoms with Crippen LogP contribution in [0.25, 0.3) is 0 Å². The van der Waals surface area contributed by atoms with Crippen LogP contribution in [0.3, 0.4) is 0 Å². The van der Waals surface area contributed by atoms with E-state index in [1.165, 1.54) is 22.8 Å². The molecule has 1 saturated carbocycles. The van der Waals surface area contributed by atoms with E-state index in [1.807, 2.05) is 20.9 Å². The number of halogens is 3. The second-order valence-electron chi connectivity index (χ2n) is 10.8. The Morgan fingerprint density at radius 2 is 1.76 bits per heavy atom. The Kier molecular flexibility index (Phi) is 8.74. The van der Waals surface area contributed by atoms with Crippen molar-refractivity contribution < 1.29 is 36.6 Å². The summed E-state index contributed by atoms with van der Waals surface area (Å²) in [5.74, 6) is -2.55. The van der Waals surface area contributed by atoms with Gasteiger partial charge in [0.05, 0.1) is 16.2 Å². The second-order valence-corrected chi connectivity index (χ2v) is 12.8. The summed E-state index contributed by atoms with van der Waals surface area (Å²) in [5, 5.41) is 24.3. The molecule has 0 saturated heterocycles. The van der Waals surface area contributed by atoms with E-state index >= 15 is 0 Å². The highest BCUT2D eigenvalue weighted by atomic mass is 32.2. The number of amides is 1. The predicted molar refractivity (Wildman–Crippen MR) is 149 cm³/mol. The molecule has 4 rings (SSSR count). The number of benzene rings is 2. The summed E-state index contributed by atoms with van der Waals surface area (Å²) in [5.41, 5.74) is -1.48. The molecule has 1 aliphatic rings. The van der Waals surface area contributed by atoms with Crippen molar-refractivity contribution >= 4 is 21.4 Å². The van der Waals surface area contributed by atoms with Gasteiger partial charge in [-0.1, -0.05) is 24.3 Å². The van der Waals surface area contributed by atoms with Crippen LogP contribution in [0.4, 0.5) is 18.9 Å². The van der Waals surface area contributed by atoms with E-state index in [2.05, 4.69) is 10.2 Å². The lowest BCUT2D eigenvalue weighted by Gasteiger charge is -2.42. The number of carbonyl (C=O) groups is 1. The lowest BCUT2D eigenvalue weighted by molar-refractivity contribution is -0.137. The van der Waals surface area contributed by atoms with E-state index in [-0.39, 0.29) is 34.0 Å². The van der Waals surface area contributed by atoms with E-state index in [4.69, 9.17) is 0 Å². The number of alkyl halides is 3. The number of nitrogens with one attached hydrogen (secondary N) is 1. The number of anilines is 1. The number of rotatable bonds is 8. The second kappa shape index (κ2) is 11.8. The fourth-order valence-electron chi connectivity index (χ4n) is 5.49. The standard InChI is InChI=1S/C29H34F3N3O5S/c1-18(2)34(3)22-12-13-25(20(15-22)17-41(39,40)23-10-5-4-6-11-23)35-26(36)16-24(28(35)38)33-27(37)19-8-7-9-21(14-19)29(30,31)32/h4-11,14,16,18,20,22,25,36,38H,12-13,15,17H2,1-3H3,(H,33,37). The Morgan fingerprint density at radius 1 is 1.07 bits per heavy atom. The summed E-state index contributed by atoms with van der Waals surface area (Å²) >= 11 is 0. The summed E-state index contributed by atoms with van der Waals surface area (Å²) < 4.78 is 67.3. The zero-order chi connectivity index (χ0) is 30.1. The highest BCUT2D eigenvalue weighted by Crippen LogP contribution is 2.45. The van der Waals surface area contributed by atoms with Gasteiger partial charge in [-0.25, -0.2) is 8.42 Å². The van der Waals surface area contributed by atoms with E-state index < -0.39 is 51.2 Å². The maximum absolute atomic E-state index is 13.4. The minimum atomic E-state index is -4.64. The highest BCUT2D eigenvalue weighted by molar-refractivity contribution is 7.91. The van der Waals surface area contributed by atoms with E-state index in [0.29, 0.717) is 25.3 Å². The molecule has 0 bridgehead atoms. The van der Waals surface area contributed by atoms with Crippen molar-refractivity contribution in [1.82, 2.24) is 9.47 Å². The largest absolute Gasteiger partial charge is 0.494 e. The summed E-state index contributed by atoms with van der Waals surface area (Å²) in [6, 6.07) is 12.7. The van der Waals surface area contributed by atoms with Crippen LogP contribution in [0.5, 0.6) is 11.8 Å². The Hall–Kier alpha value is -3.51. The van der Waals surface area contributed by atoms with Gasteiger partial charge < -0.3 is 20.4 Å². The average Bonchev–Trinajstić information content (AvgIpc) is 3.20. The van der Waals surface area contributed by atoms with Gasteiger partial charge in [-0.05, 0) is 76.4 Å². The summed E-state index contributed by atoms with van der Waals surface area (Å²) in [6.45, 7) is 4.09. The van der Waals surface area contributed by atoms with Gasteiger partial charge in [0.2, 0.25) is 5.88 Å². The molecule has 0 aliphatic heterocycles. The Morgan fingerprint density at radius 3 is 2.39 bits per heavy atom. The number of aromatic hydroxyl groups is 2. The van der Waals surface area contributed by atoms with E-state index in [0.717, 1.165) is 18.2 Å². The number of hydrogen-bond acceptors (Lipinski definition) is 6. The third-order valence-corrected chi connectivity index (χ3v) is 9.72. The molecule has 0 spiro atoms. The lowest BCUT2D eigenvalue weighted by atomic mass is 9.81. The van der Waals surface area contributed by atoms with Gasteiger partial charge in [0, 0.05) is 29.8 Å². The quantitative estimate of drug-likeness (QED) is 0.309. The number of carbonyl (C=O) groups excluding carboxylic acids is 1. The van der Waals surface area contributed by atoms with Crippen molar-refractivity contribution in [3.8, 4) is 11.8 Å². The van der Waals surface area contributed by atoms with Crippen LogP contribution >= 0.6 is 0 Å². The molecule has 1 aliphatic carbocycles. The average molecular weight is 594 g/mol. The first-order valence-electron chi connectivity index (χ1n) is 13.3. The maximum atomic E-state index is 13.4. The smallest absolute Gasteiger partial charge is 0.416 e. The van der Waals surface area contributed by atoms with Crippen LogP contribution in [-0.4, -0.2) is 58.9 Å². The predicted octanol–water partition coefficient (Wildman–Crippen LogP) is 5.69. The third-order valence-electron chi connectivity index (χ3n) is 7.86. The van der Waals surface area contributed by atoms with Crippen LogP contribution in [0, 0.1) is 5.92 Å². The van der Waals surface area contributed by atoms with E-state index in [9.17, 15) is 36.6 Å². The van der Waals surface area contributed by atoms with Gasteiger partial charge in [-0.3, -0.25) is 9.36 Å². The molecule has 1 amide bonds. The lowest BCUT2D eigenvalue weighted by Crippen LogP contribution is -2.44.